The van der Waals surface area contributed by atoms with E-state index in [0.29, 0.717) is 5.84 Å². The molecule has 14 heavy (non-hydrogen) atoms. The number of imidazole rings is 1. The molecule has 68 valence electrons. The van der Waals surface area contributed by atoms with Gasteiger partial charge in [-0.1, -0.05) is 12.1 Å². The van der Waals surface area contributed by atoms with Crippen LogP contribution in [-0.2, 0) is 0 Å². The molecule has 0 unspecified atom stereocenters. The summed E-state index contributed by atoms with van der Waals surface area (Å²) in [6.07, 6.45) is 1.35. The van der Waals surface area contributed by atoms with Crippen LogP contribution in [0.5, 0.6) is 0 Å². The molecule has 2 heterocycles. The lowest BCUT2D eigenvalue weighted by molar-refractivity contribution is 0.562. The van der Waals surface area contributed by atoms with Crippen LogP contribution in [0.1, 0.15) is 0 Å². The predicted octanol–water partition coefficient (Wildman–Crippen LogP) is 1.44. The van der Waals surface area contributed by atoms with Gasteiger partial charge in [0.1, 0.15) is 6.26 Å². The van der Waals surface area contributed by atoms with Crippen molar-refractivity contribution in [1.29, 1.82) is 0 Å². The van der Waals surface area contributed by atoms with Gasteiger partial charge in [-0.2, -0.15) is 4.98 Å². The van der Waals surface area contributed by atoms with Gasteiger partial charge in [0.25, 0.3) is 5.56 Å². The minimum Gasteiger partial charge on any atom is -0.433 e. The first-order valence-electron chi connectivity index (χ1n) is 4.21. The average Bonchev–Trinajstić information content (AvgIpc) is 2.57. The van der Waals surface area contributed by atoms with Gasteiger partial charge in [-0.05, 0) is 12.1 Å². The number of aromatic nitrogens is 2. The summed E-state index contributed by atoms with van der Waals surface area (Å²) in [7, 11) is 0. The Hall–Kier alpha value is -2.10. The number of nitrogens with zero attached hydrogens (tertiary/aromatic N) is 2. The second-order valence-corrected chi connectivity index (χ2v) is 2.98. The Morgan fingerprint density at radius 3 is 3.00 bits per heavy atom. The Morgan fingerprint density at radius 2 is 2.07 bits per heavy atom. The molecule has 0 atom stereocenters. The first-order chi connectivity index (χ1) is 6.86. The Bertz CT molecular complexity index is 666. The summed E-state index contributed by atoms with van der Waals surface area (Å²) in [6, 6.07) is 8.80. The second kappa shape index (κ2) is 2.45. The van der Waals surface area contributed by atoms with E-state index < -0.39 is 0 Å². The maximum atomic E-state index is 11.5. The quantitative estimate of drug-likeness (QED) is 0.533. The summed E-state index contributed by atoms with van der Waals surface area (Å²) in [5.41, 5.74) is 1.41. The fourth-order valence-electron chi connectivity index (χ4n) is 1.52. The Morgan fingerprint density at radius 1 is 1.21 bits per heavy atom. The highest BCUT2D eigenvalue weighted by Gasteiger charge is 2.06. The Kier molecular flexibility index (Phi) is 1.28. The molecular weight excluding hydrogens is 180 g/mol. The summed E-state index contributed by atoms with van der Waals surface area (Å²) < 4.78 is 6.58. The van der Waals surface area contributed by atoms with E-state index in [1.165, 1.54) is 16.7 Å². The first-order valence-corrected chi connectivity index (χ1v) is 4.21. The van der Waals surface area contributed by atoms with Crippen LogP contribution in [0.25, 0.3) is 16.9 Å². The van der Waals surface area contributed by atoms with Gasteiger partial charge in [0.2, 0.25) is 0 Å². The minimum atomic E-state index is -0.125. The van der Waals surface area contributed by atoms with Crippen molar-refractivity contribution in [2.24, 2.45) is 0 Å². The summed E-state index contributed by atoms with van der Waals surface area (Å²) >= 11 is 0. The molecule has 4 nitrogen and oxygen atoms in total. The molecule has 0 spiro atoms. The number of hydrogen-bond acceptors (Lipinski definition) is 3. The average molecular weight is 186 g/mol. The molecule has 0 aliphatic carbocycles. The van der Waals surface area contributed by atoms with Crippen molar-refractivity contribution in [2.45, 2.75) is 0 Å². The number of para-hydroxylation sites is 2. The van der Waals surface area contributed by atoms with Crippen molar-refractivity contribution >= 4 is 16.9 Å². The molecular formula is C10H6N2O2. The predicted molar refractivity (Wildman–Crippen MR) is 51.2 cm³/mol. The number of fused-ring (bicyclic) bond motifs is 3. The normalized spacial score (nSPS) is 11.1. The third-order valence-electron chi connectivity index (χ3n) is 2.13. The number of rotatable bonds is 0. The van der Waals surface area contributed by atoms with Crippen molar-refractivity contribution in [2.75, 3.05) is 0 Å². The third-order valence-corrected chi connectivity index (χ3v) is 2.13. The fourth-order valence-corrected chi connectivity index (χ4v) is 1.52. The lowest BCUT2D eigenvalue weighted by Gasteiger charge is -1.90. The smallest absolute Gasteiger partial charge is 0.309 e. The van der Waals surface area contributed by atoms with Gasteiger partial charge in [-0.25, -0.2) is 4.40 Å². The molecule has 1 aromatic carbocycles. The van der Waals surface area contributed by atoms with Gasteiger partial charge in [0.15, 0.2) is 0 Å². The third kappa shape index (κ3) is 0.821. The monoisotopic (exact) mass is 186 g/mol. The van der Waals surface area contributed by atoms with Crippen molar-refractivity contribution in [3.05, 3.63) is 46.9 Å². The van der Waals surface area contributed by atoms with Crippen LogP contribution < -0.4 is 5.56 Å². The van der Waals surface area contributed by atoms with Crippen molar-refractivity contribution < 1.29 is 4.42 Å². The highest BCUT2D eigenvalue weighted by molar-refractivity contribution is 5.78. The van der Waals surface area contributed by atoms with Crippen molar-refractivity contribution in [1.82, 2.24) is 9.38 Å². The summed E-state index contributed by atoms with van der Waals surface area (Å²) in [5, 5.41) is 0. The zero-order valence-electron chi connectivity index (χ0n) is 7.18. The largest absolute Gasteiger partial charge is 0.433 e. The standard InChI is InChI=1S/C10H6N2O2/c13-9-5-6-14-10-11-7-3-1-2-4-8(7)12(9)10/h1-6H. The molecule has 3 rings (SSSR count). The lowest BCUT2D eigenvalue weighted by Crippen LogP contribution is -2.09. The first kappa shape index (κ1) is 7.32. The van der Waals surface area contributed by atoms with E-state index in [-0.39, 0.29) is 5.56 Å². The van der Waals surface area contributed by atoms with Gasteiger partial charge >= 0.3 is 5.84 Å². The minimum absolute atomic E-state index is 0.125. The molecule has 2 aromatic heterocycles. The van der Waals surface area contributed by atoms with E-state index in [4.69, 9.17) is 4.42 Å². The van der Waals surface area contributed by atoms with E-state index in [2.05, 4.69) is 4.98 Å². The van der Waals surface area contributed by atoms with E-state index in [0.717, 1.165) is 11.0 Å². The molecule has 4 heteroatoms. The van der Waals surface area contributed by atoms with Gasteiger partial charge in [0.05, 0.1) is 11.0 Å². The van der Waals surface area contributed by atoms with Crippen LogP contribution in [-0.4, -0.2) is 9.38 Å². The van der Waals surface area contributed by atoms with Crippen molar-refractivity contribution in [3.8, 4) is 0 Å². The zero-order chi connectivity index (χ0) is 9.54. The summed E-state index contributed by atoms with van der Waals surface area (Å²) in [6.45, 7) is 0. The molecule has 0 aliphatic heterocycles. The topological polar surface area (TPSA) is 47.5 Å². The van der Waals surface area contributed by atoms with Crippen molar-refractivity contribution in [3.63, 3.8) is 0 Å². The second-order valence-electron chi connectivity index (χ2n) is 2.98. The van der Waals surface area contributed by atoms with Crippen LogP contribution in [0.2, 0.25) is 0 Å². The van der Waals surface area contributed by atoms with Crippen LogP contribution in [0, 0.1) is 0 Å². The zero-order valence-corrected chi connectivity index (χ0v) is 7.18. The van der Waals surface area contributed by atoms with E-state index >= 15 is 0 Å². The lowest BCUT2D eigenvalue weighted by atomic mass is 10.3. The maximum Gasteiger partial charge on any atom is 0.309 e. The number of benzene rings is 1. The fraction of sp³-hybridized carbons (Fsp3) is 0. The summed E-state index contributed by atoms with van der Waals surface area (Å²) in [5.74, 6) is 0.332. The number of hydrogen-bond donors (Lipinski definition) is 0. The molecule has 0 saturated carbocycles. The molecule has 0 radical (unpaired) electrons. The van der Waals surface area contributed by atoms with Gasteiger partial charge in [-0.15, -0.1) is 0 Å². The Labute approximate surface area is 78.4 Å². The van der Waals surface area contributed by atoms with Gasteiger partial charge in [0, 0.05) is 6.07 Å². The molecule has 0 bridgehead atoms. The van der Waals surface area contributed by atoms with E-state index in [1.807, 2.05) is 24.3 Å². The molecule has 0 fully saturated rings. The molecule has 0 amide bonds. The molecule has 0 saturated heterocycles. The van der Waals surface area contributed by atoms with Gasteiger partial charge < -0.3 is 4.42 Å². The highest BCUT2D eigenvalue weighted by atomic mass is 16.3. The van der Waals surface area contributed by atoms with Crippen LogP contribution >= 0.6 is 0 Å². The maximum absolute atomic E-state index is 11.5. The Balaban J connectivity index is 2.73. The van der Waals surface area contributed by atoms with Gasteiger partial charge in [-0.3, -0.25) is 4.79 Å². The van der Waals surface area contributed by atoms with E-state index in [1.54, 1.807) is 0 Å². The van der Waals surface area contributed by atoms with Crippen LogP contribution in [0.3, 0.4) is 0 Å². The molecule has 0 aliphatic rings. The van der Waals surface area contributed by atoms with Crippen LogP contribution in [0.4, 0.5) is 0 Å². The van der Waals surface area contributed by atoms with E-state index in [9.17, 15) is 4.79 Å². The highest BCUT2D eigenvalue weighted by Crippen LogP contribution is 2.13. The van der Waals surface area contributed by atoms with Crippen LogP contribution in [0.15, 0.2) is 45.8 Å². The molecule has 0 N–H and O–H groups in total. The summed E-state index contributed by atoms with van der Waals surface area (Å²) in [4.78, 5) is 15.7. The SMILES string of the molecule is O=c1ccoc2nc3ccccc3n12. The molecule has 3 aromatic rings.